The first-order valence-corrected chi connectivity index (χ1v) is 7.26. The molecule has 1 aromatic rings. The summed E-state index contributed by atoms with van der Waals surface area (Å²) in [6.07, 6.45) is 3.22. The number of nitro groups is 1. The third-order valence-corrected chi connectivity index (χ3v) is 4.30. The van der Waals surface area contributed by atoms with Gasteiger partial charge in [0.15, 0.2) is 0 Å². The minimum atomic E-state index is -0.502. The molecule has 1 heterocycles. The van der Waals surface area contributed by atoms with Crippen LogP contribution in [0.3, 0.4) is 0 Å². The first-order valence-electron chi connectivity index (χ1n) is 7.26. The predicted octanol–water partition coefficient (Wildman–Crippen LogP) is 2.42. The molecule has 2 rings (SSSR count). The van der Waals surface area contributed by atoms with Crippen molar-refractivity contribution in [1.29, 1.82) is 5.26 Å². The van der Waals surface area contributed by atoms with E-state index in [1.165, 1.54) is 12.1 Å². The zero-order valence-corrected chi connectivity index (χ0v) is 12.2. The van der Waals surface area contributed by atoms with Gasteiger partial charge in [-0.3, -0.25) is 10.1 Å². The molecule has 21 heavy (non-hydrogen) atoms. The van der Waals surface area contributed by atoms with Gasteiger partial charge in [-0.25, -0.2) is 0 Å². The number of hydrogen-bond donors (Lipinski definition) is 1. The molecule has 1 aromatic carbocycles. The van der Waals surface area contributed by atoms with Crippen LogP contribution in [0.2, 0.25) is 0 Å². The van der Waals surface area contributed by atoms with Crippen molar-refractivity contribution < 1.29 is 4.92 Å². The number of rotatable bonds is 4. The molecule has 2 atom stereocenters. The van der Waals surface area contributed by atoms with Crippen molar-refractivity contribution in [3.63, 3.8) is 0 Å². The number of anilines is 1. The Labute approximate surface area is 124 Å². The van der Waals surface area contributed by atoms with Gasteiger partial charge < -0.3 is 10.6 Å². The standard InChI is InChI=1S/C15H20N4O2/c1-2-11-5-6-18(14(7-11)10-17)13-4-3-12(9-16)15(8-13)19(20)21/h3-4,8,11,14H,2,5-7,10,17H2,1H3. The van der Waals surface area contributed by atoms with E-state index in [1.807, 2.05) is 6.07 Å². The Bertz CT molecular complexity index is 567. The van der Waals surface area contributed by atoms with E-state index in [4.69, 9.17) is 11.0 Å². The summed E-state index contributed by atoms with van der Waals surface area (Å²) in [5, 5.41) is 20.0. The minimum absolute atomic E-state index is 0.0940. The number of piperidine rings is 1. The quantitative estimate of drug-likeness (QED) is 0.678. The fraction of sp³-hybridized carbons (Fsp3) is 0.533. The molecule has 1 fully saturated rings. The van der Waals surface area contributed by atoms with E-state index in [2.05, 4.69) is 11.8 Å². The molecule has 2 N–H and O–H groups in total. The number of nitro benzene ring substituents is 1. The molecule has 0 aromatic heterocycles. The number of nitriles is 1. The first kappa shape index (κ1) is 15.3. The molecular formula is C15H20N4O2. The molecule has 6 heteroatoms. The summed E-state index contributed by atoms with van der Waals surface area (Å²) < 4.78 is 0. The van der Waals surface area contributed by atoms with Crippen molar-refractivity contribution in [1.82, 2.24) is 0 Å². The SMILES string of the molecule is CCC1CCN(c2ccc(C#N)c([N+](=O)[O-])c2)C(CN)C1. The Balaban J connectivity index is 2.31. The zero-order valence-electron chi connectivity index (χ0n) is 12.2. The van der Waals surface area contributed by atoms with Crippen LogP contribution in [0.1, 0.15) is 31.7 Å². The Hall–Kier alpha value is -2.13. The smallest absolute Gasteiger partial charge is 0.289 e. The van der Waals surface area contributed by atoms with Crippen LogP contribution in [0, 0.1) is 27.4 Å². The van der Waals surface area contributed by atoms with Crippen molar-refractivity contribution in [2.24, 2.45) is 11.7 Å². The monoisotopic (exact) mass is 288 g/mol. The first-order chi connectivity index (χ1) is 10.1. The Kier molecular flexibility index (Phi) is 4.76. The predicted molar refractivity (Wildman–Crippen MR) is 81.0 cm³/mol. The van der Waals surface area contributed by atoms with Crippen LogP contribution < -0.4 is 10.6 Å². The normalized spacial score (nSPS) is 21.9. The van der Waals surface area contributed by atoms with Crippen LogP contribution in [-0.4, -0.2) is 24.1 Å². The maximum atomic E-state index is 11.1. The largest absolute Gasteiger partial charge is 0.367 e. The molecule has 0 aliphatic carbocycles. The lowest BCUT2D eigenvalue weighted by Gasteiger charge is -2.40. The van der Waals surface area contributed by atoms with E-state index in [1.54, 1.807) is 6.07 Å². The third-order valence-electron chi connectivity index (χ3n) is 4.30. The van der Waals surface area contributed by atoms with Gasteiger partial charge in [-0.15, -0.1) is 0 Å². The summed E-state index contributed by atoms with van der Waals surface area (Å²) >= 11 is 0. The van der Waals surface area contributed by atoms with Gasteiger partial charge in [0, 0.05) is 30.9 Å². The van der Waals surface area contributed by atoms with Crippen molar-refractivity contribution in [3.8, 4) is 6.07 Å². The van der Waals surface area contributed by atoms with Crippen molar-refractivity contribution in [3.05, 3.63) is 33.9 Å². The molecule has 0 amide bonds. The van der Waals surface area contributed by atoms with Crippen LogP contribution in [0.25, 0.3) is 0 Å². The Morgan fingerprint density at radius 3 is 2.90 bits per heavy atom. The van der Waals surface area contributed by atoms with Gasteiger partial charge in [0.05, 0.1) is 4.92 Å². The topological polar surface area (TPSA) is 96.2 Å². The summed E-state index contributed by atoms with van der Waals surface area (Å²) in [6.45, 7) is 3.56. The van der Waals surface area contributed by atoms with Gasteiger partial charge in [-0.2, -0.15) is 5.26 Å². The second-order valence-corrected chi connectivity index (χ2v) is 5.45. The van der Waals surface area contributed by atoms with E-state index in [0.717, 1.165) is 31.5 Å². The Morgan fingerprint density at radius 2 is 2.33 bits per heavy atom. The highest BCUT2D eigenvalue weighted by atomic mass is 16.6. The van der Waals surface area contributed by atoms with Gasteiger partial charge in [0.25, 0.3) is 5.69 Å². The highest BCUT2D eigenvalue weighted by Crippen LogP contribution is 2.32. The van der Waals surface area contributed by atoms with Crippen molar-refractivity contribution in [2.75, 3.05) is 18.0 Å². The molecule has 0 saturated carbocycles. The summed E-state index contributed by atoms with van der Waals surface area (Å²) in [5.41, 5.74) is 6.62. The molecule has 1 aliphatic heterocycles. The van der Waals surface area contributed by atoms with Crippen LogP contribution in [0.4, 0.5) is 11.4 Å². The lowest BCUT2D eigenvalue weighted by Crippen LogP contribution is -2.46. The van der Waals surface area contributed by atoms with Crippen molar-refractivity contribution >= 4 is 11.4 Å². The highest BCUT2D eigenvalue weighted by molar-refractivity contribution is 5.61. The van der Waals surface area contributed by atoms with E-state index < -0.39 is 4.92 Å². The van der Waals surface area contributed by atoms with E-state index >= 15 is 0 Å². The summed E-state index contributed by atoms with van der Waals surface area (Å²) in [4.78, 5) is 12.7. The van der Waals surface area contributed by atoms with Crippen LogP contribution >= 0.6 is 0 Å². The number of hydrogen-bond acceptors (Lipinski definition) is 5. The third kappa shape index (κ3) is 3.14. The lowest BCUT2D eigenvalue weighted by molar-refractivity contribution is -0.385. The van der Waals surface area contributed by atoms with Crippen LogP contribution in [0.15, 0.2) is 18.2 Å². The van der Waals surface area contributed by atoms with Gasteiger partial charge in [-0.1, -0.05) is 13.3 Å². The zero-order chi connectivity index (χ0) is 15.4. The molecule has 0 spiro atoms. The van der Waals surface area contributed by atoms with Gasteiger partial charge in [0.1, 0.15) is 11.6 Å². The summed E-state index contributed by atoms with van der Waals surface area (Å²) in [6, 6.07) is 6.86. The van der Waals surface area contributed by atoms with Gasteiger partial charge >= 0.3 is 0 Å². The van der Waals surface area contributed by atoms with E-state index in [-0.39, 0.29) is 17.3 Å². The second-order valence-electron chi connectivity index (χ2n) is 5.45. The molecule has 1 saturated heterocycles. The van der Waals surface area contributed by atoms with E-state index in [9.17, 15) is 10.1 Å². The van der Waals surface area contributed by atoms with Gasteiger partial charge in [0.2, 0.25) is 0 Å². The van der Waals surface area contributed by atoms with Gasteiger partial charge in [-0.05, 0) is 30.9 Å². The molecule has 6 nitrogen and oxygen atoms in total. The maximum Gasteiger partial charge on any atom is 0.289 e. The summed E-state index contributed by atoms with van der Waals surface area (Å²) in [5.74, 6) is 0.670. The fourth-order valence-electron chi connectivity index (χ4n) is 3.01. The molecule has 2 unspecified atom stereocenters. The molecule has 1 aliphatic rings. The van der Waals surface area contributed by atoms with E-state index in [0.29, 0.717) is 12.5 Å². The molecule has 0 radical (unpaired) electrons. The number of benzene rings is 1. The maximum absolute atomic E-state index is 11.1. The number of nitrogens with zero attached hydrogens (tertiary/aromatic N) is 3. The van der Waals surface area contributed by atoms with Crippen LogP contribution in [-0.2, 0) is 0 Å². The summed E-state index contributed by atoms with van der Waals surface area (Å²) in [7, 11) is 0. The fourth-order valence-corrected chi connectivity index (χ4v) is 3.01. The highest BCUT2D eigenvalue weighted by Gasteiger charge is 2.28. The average molecular weight is 288 g/mol. The average Bonchev–Trinajstić information content (AvgIpc) is 2.53. The minimum Gasteiger partial charge on any atom is -0.367 e. The Morgan fingerprint density at radius 1 is 1.57 bits per heavy atom. The van der Waals surface area contributed by atoms with Crippen LogP contribution in [0.5, 0.6) is 0 Å². The molecule has 112 valence electrons. The molecular weight excluding hydrogens is 268 g/mol. The lowest BCUT2D eigenvalue weighted by atomic mass is 9.88. The molecule has 0 bridgehead atoms. The number of nitrogens with two attached hydrogens (primary N) is 1. The second kappa shape index (κ2) is 6.55. The van der Waals surface area contributed by atoms with Crippen molar-refractivity contribution in [2.45, 2.75) is 32.2 Å².